The number of nitrogens with zero attached hydrogens (tertiary/aromatic N) is 3. The number of carbonyl (C=O) groups excluding carboxylic acids is 1. The van der Waals surface area contributed by atoms with Crippen molar-refractivity contribution in [2.45, 2.75) is 62.1 Å². The number of thioether (sulfide) groups is 1. The molecule has 0 saturated heterocycles. The molecule has 3 heterocycles. The van der Waals surface area contributed by atoms with Gasteiger partial charge in [0.1, 0.15) is 18.0 Å². The van der Waals surface area contributed by atoms with Crippen molar-refractivity contribution in [3.05, 3.63) is 69.3 Å². The highest BCUT2D eigenvalue weighted by molar-refractivity contribution is 7.98. The number of hydrogen-bond donors (Lipinski definition) is 1. The minimum absolute atomic E-state index is 0.0282. The first-order valence-corrected chi connectivity index (χ1v) is 13.0. The van der Waals surface area contributed by atoms with E-state index in [9.17, 15) is 9.18 Å². The van der Waals surface area contributed by atoms with Gasteiger partial charge in [0.15, 0.2) is 0 Å². The van der Waals surface area contributed by atoms with Crippen molar-refractivity contribution in [2.24, 2.45) is 0 Å². The summed E-state index contributed by atoms with van der Waals surface area (Å²) in [6.45, 7) is 1.88. The van der Waals surface area contributed by atoms with Gasteiger partial charge in [0.25, 0.3) is 0 Å². The number of rotatable bonds is 6. The van der Waals surface area contributed by atoms with Crippen LogP contribution in [0.5, 0.6) is 0 Å². The molecule has 1 fully saturated rings. The second-order valence-electron chi connectivity index (χ2n) is 8.29. The molecule has 33 heavy (non-hydrogen) atoms. The number of carbonyl (C=O) groups is 1. The predicted molar refractivity (Wildman–Crippen MR) is 128 cm³/mol. The maximum absolute atomic E-state index is 14.0. The lowest BCUT2D eigenvalue weighted by Crippen LogP contribution is -2.31. The summed E-state index contributed by atoms with van der Waals surface area (Å²) in [7, 11) is 0. The molecule has 0 radical (unpaired) electrons. The Morgan fingerprint density at radius 2 is 2.06 bits per heavy atom. The maximum atomic E-state index is 14.0. The third-order valence-electron chi connectivity index (χ3n) is 6.01. The first kappa shape index (κ1) is 22.2. The molecule has 1 atom stereocenters. The van der Waals surface area contributed by atoms with E-state index in [4.69, 9.17) is 9.84 Å². The molecule has 2 aliphatic rings. The summed E-state index contributed by atoms with van der Waals surface area (Å²) in [4.78, 5) is 18.9. The minimum atomic E-state index is -0.410. The van der Waals surface area contributed by atoms with Crippen LogP contribution in [-0.4, -0.2) is 26.8 Å². The fourth-order valence-corrected chi connectivity index (χ4v) is 5.96. The van der Waals surface area contributed by atoms with E-state index in [-0.39, 0.29) is 17.9 Å². The zero-order valence-corrected chi connectivity index (χ0v) is 19.9. The highest BCUT2D eigenvalue weighted by Crippen LogP contribution is 2.39. The van der Waals surface area contributed by atoms with Crippen molar-refractivity contribution in [2.75, 3.05) is 5.32 Å². The molecule has 1 N–H and O–H groups in total. The zero-order valence-electron chi connectivity index (χ0n) is 18.3. The van der Waals surface area contributed by atoms with Crippen molar-refractivity contribution in [1.29, 1.82) is 0 Å². The molecule has 6 nitrogen and oxygen atoms in total. The van der Waals surface area contributed by atoms with E-state index >= 15 is 0 Å². The quantitative estimate of drug-likeness (QED) is 0.345. The van der Waals surface area contributed by atoms with Gasteiger partial charge in [-0.05, 0) is 55.7 Å². The number of aromatic nitrogens is 3. The molecule has 9 heteroatoms. The molecule has 0 spiro atoms. The van der Waals surface area contributed by atoms with Crippen molar-refractivity contribution >= 4 is 35.0 Å². The van der Waals surface area contributed by atoms with Crippen LogP contribution in [-0.2, 0) is 15.3 Å². The molecule has 1 aliphatic heterocycles. The van der Waals surface area contributed by atoms with Crippen LogP contribution in [0.1, 0.15) is 55.5 Å². The minimum Gasteiger partial charge on any atom is -0.459 e. The fourth-order valence-electron chi connectivity index (χ4n) is 4.32. The third-order valence-corrected chi connectivity index (χ3v) is 7.82. The van der Waals surface area contributed by atoms with E-state index in [1.807, 2.05) is 30.5 Å². The number of thiophene rings is 1. The Hall–Kier alpha value is -2.65. The lowest BCUT2D eigenvalue weighted by molar-refractivity contribution is -0.146. The second-order valence-corrected chi connectivity index (χ2v) is 10.2. The summed E-state index contributed by atoms with van der Waals surface area (Å²) in [5, 5.41) is 10.4. The van der Waals surface area contributed by atoms with E-state index < -0.39 is 6.04 Å². The van der Waals surface area contributed by atoms with E-state index in [1.165, 1.54) is 24.2 Å². The van der Waals surface area contributed by atoms with Gasteiger partial charge in [-0.3, -0.25) is 0 Å². The van der Waals surface area contributed by atoms with Gasteiger partial charge >= 0.3 is 5.97 Å². The Kier molecular flexibility index (Phi) is 6.50. The van der Waals surface area contributed by atoms with Crippen molar-refractivity contribution in [3.8, 4) is 0 Å². The van der Waals surface area contributed by atoms with Gasteiger partial charge in [-0.25, -0.2) is 13.9 Å². The SMILES string of the molecule is CC1=C(C(=O)OC2CCCCC2)C(c2cccs2)n2nc(SCc3ccccc3F)nc2N1. The van der Waals surface area contributed by atoms with Gasteiger partial charge in [0.2, 0.25) is 11.1 Å². The molecule has 0 amide bonds. The van der Waals surface area contributed by atoms with Crippen LogP contribution in [0.15, 0.2) is 58.2 Å². The number of ether oxygens (including phenoxy) is 1. The van der Waals surface area contributed by atoms with Crippen LogP contribution in [0.3, 0.4) is 0 Å². The molecule has 2 aromatic heterocycles. The number of esters is 1. The number of anilines is 1. The van der Waals surface area contributed by atoms with Crippen molar-refractivity contribution < 1.29 is 13.9 Å². The Morgan fingerprint density at radius 3 is 2.82 bits per heavy atom. The number of hydrogen-bond acceptors (Lipinski definition) is 7. The second kappa shape index (κ2) is 9.69. The number of nitrogens with one attached hydrogen (secondary N) is 1. The maximum Gasteiger partial charge on any atom is 0.338 e. The van der Waals surface area contributed by atoms with Crippen LogP contribution in [0.4, 0.5) is 10.3 Å². The predicted octanol–water partition coefficient (Wildman–Crippen LogP) is 5.94. The topological polar surface area (TPSA) is 69.0 Å². The van der Waals surface area contributed by atoms with Gasteiger partial charge in [0.05, 0.1) is 5.57 Å². The Labute approximate surface area is 200 Å². The highest BCUT2D eigenvalue weighted by atomic mass is 32.2. The molecule has 1 aromatic carbocycles. The Balaban J connectivity index is 1.42. The van der Waals surface area contributed by atoms with Gasteiger partial charge in [0, 0.05) is 16.3 Å². The van der Waals surface area contributed by atoms with E-state index in [1.54, 1.807) is 28.2 Å². The normalized spacial score (nSPS) is 18.7. The summed E-state index contributed by atoms with van der Waals surface area (Å²) in [6, 6.07) is 10.3. The Morgan fingerprint density at radius 1 is 1.24 bits per heavy atom. The molecule has 5 rings (SSSR count). The van der Waals surface area contributed by atoms with Crippen LogP contribution >= 0.6 is 23.1 Å². The average Bonchev–Trinajstić information content (AvgIpc) is 3.48. The lowest BCUT2D eigenvalue weighted by Gasteiger charge is -2.29. The number of allylic oxidation sites excluding steroid dienone is 1. The molecule has 0 bridgehead atoms. The molecular weight excluding hydrogens is 459 g/mol. The first-order chi connectivity index (χ1) is 16.1. The van der Waals surface area contributed by atoms with Crippen LogP contribution in [0.2, 0.25) is 0 Å². The molecule has 172 valence electrons. The van der Waals surface area contributed by atoms with Gasteiger partial charge in [-0.2, -0.15) is 4.98 Å². The standard InChI is InChI=1S/C24H25FN4O2S2/c1-15-20(22(30)31-17-9-3-2-4-10-17)21(19-12-7-13-32-19)29-23(26-15)27-24(28-29)33-14-16-8-5-6-11-18(16)25/h5-8,11-13,17,21H,2-4,9-10,14H2,1H3,(H,26,27,28). The number of fused-ring (bicyclic) bond motifs is 1. The first-order valence-electron chi connectivity index (χ1n) is 11.1. The fraction of sp³-hybridized carbons (Fsp3) is 0.375. The van der Waals surface area contributed by atoms with Crippen molar-refractivity contribution in [3.63, 3.8) is 0 Å². The highest BCUT2D eigenvalue weighted by Gasteiger charge is 2.36. The largest absolute Gasteiger partial charge is 0.459 e. The summed E-state index contributed by atoms with van der Waals surface area (Å²) >= 11 is 2.93. The average molecular weight is 485 g/mol. The van der Waals surface area contributed by atoms with Crippen LogP contribution in [0.25, 0.3) is 0 Å². The molecular formula is C24H25FN4O2S2. The summed E-state index contributed by atoms with van der Waals surface area (Å²) < 4.78 is 21.7. The summed E-state index contributed by atoms with van der Waals surface area (Å²) in [5.41, 5.74) is 1.88. The molecule has 1 saturated carbocycles. The molecule has 1 unspecified atom stereocenters. The van der Waals surface area contributed by atoms with Crippen LogP contribution < -0.4 is 5.32 Å². The Bertz CT molecular complexity index is 1170. The summed E-state index contributed by atoms with van der Waals surface area (Å²) in [5.74, 6) is 0.444. The molecule has 3 aromatic rings. The van der Waals surface area contributed by atoms with E-state index in [2.05, 4.69) is 10.3 Å². The van der Waals surface area contributed by atoms with Gasteiger partial charge < -0.3 is 10.1 Å². The number of halogens is 1. The van der Waals surface area contributed by atoms with Crippen molar-refractivity contribution in [1.82, 2.24) is 14.8 Å². The number of benzene rings is 1. The van der Waals surface area contributed by atoms with Gasteiger partial charge in [-0.1, -0.05) is 42.4 Å². The monoisotopic (exact) mass is 484 g/mol. The van der Waals surface area contributed by atoms with Crippen LogP contribution in [0, 0.1) is 5.82 Å². The lowest BCUT2D eigenvalue weighted by atomic mass is 9.97. The molecule has 1 aliphatic carbocycles. The van der Waals surface area contributed by atoms with E-state index in [0.29, 0.717) is 28.0 Å². The smallest absolute Gasteiger partial charge is 0.338 e. The van der Waals surface area contributed by atoms with E-state index in [0.717, 1.165) is 36.3 Å². The summed E-state index contributed by atoms with van der Waals surface area (Å²) in [6.07, 6.45) is 5.20. The third kappa shape index (κ3) is 4.70. The zero-order chi connectivity index (χ0) is 22.8. The van der Waals surface area contributed by atoms with Gasteiger partial charge in [-0.15, -0.1) is 16.4 Å².